The van der Waals surface area contributed by atoms with Gasteiger partial charge in [0.25, 0.3) is 5.91 Å². The zero-order valence-electron chi connectivity index (χ0n) is 14.3. The first-order valence-electron chi connectivity index (χ1n) is 8.18. The molecule has 2 N–H and O–H groups in total. The lowest BCUT2D eigenvalue weighted by Crippen LogP contribution is -2.48. The van der Waals surface area contributed by atoms with Crippen molar-refractivity contribution in [1.29, 1.82) is 0 Å². The van der Waals surface area contributed by atoms with Gasteiger partial charge in [-0.3, -0.25) is 14.4 Å². The molecule has 0 aromatic heterocycles. The predicted octanol–water partition coefficient (Wildman–Crippen LogP) is 1.68. The number of methoxy groups -OCH3 is 1. The maximum Gasteiger partial charge on any atom is 0.328 e. The van der Waals surface area contributed by atoms with Crippen molar-refractivity contribution < 1.29 is 23.9 Å². The Morgan fingerprint density at radius 3 is 2.68 bits per heavy atom. The number of esters is 1. The van der Waals surface area contributed by atoms with Gasteiger partial charge in [-0.1, -0.05) is 6.07 Å². The second-order valence-corrected chi connectivity index (χ2v) is 6.13. The Kier molecular flexibility index (Phi) is 6.27. The minimum Gasteiger partial charge on any atom is -0.467 e. The molecule has 25 heavy (non-hydrogen) atoms. The zero-order valence-corrected chi connectivity index (χ0v) is 14.3. The van der Waals surface area contributed by atoms with Crippen LogP contribution < -0.4 is 10.6 Å². The Balaban J connectivity index is 2.15. The molecular weight excluding hydrogens is 324 g/mol. The summed E-state index contributed by atoms with van der Waals surface area (Å²) in [6, 6.07) is 5.54. The fraction of sp³-hybridized carbons (Fsp3) is 0.444. The number of carbonyl (C=O) groups is 4. The summed E-state index contributed by atoms with van der Waals surface area (Å²) in [6.45, 7) is 1.38. The van der Waals surface area contributed by atoms with Crippen LogP contribution in [0.1, 0.15) is 43.0 Å². The number of hydrogen-bond donors (Lipinski definition) is 2. The first kappa shape index (κ1) is 18.6. The second kappa shape index (κ2) is 8.41. The highest BCUT2D eigenvalue weighted by Gasteiger charge is 2.34. The van der Waals surface area contributed by atoms with Crippen LogP contribution in [0.5, 0.6) is 0 Å². The smallest absolute Gasteiger partial charge is 0.328 e. The zero-order chi connectivity index (χ0) is 18.4. The minimum absolute atomic E-state index is 0.0899. The normalized spacial score (nSPS) is 18.2. The highest BCUT2D eigenvalue weighted by Crippen LogP contribution is 2.25. The molecule has 1 saturated carbocycles. The van der Waals surface area contributed by atoms with Crippen molar-refractivity contribution in [3.8, 4) is 0 Å². The predicted molar refractivity (Wildman–Crippen MR) is 91.0 cm³/mol. The molecule has 2 rings (SSSR count). The summed E-state index contributed by atoms with van der Waals surface area (Å²) < 4.78 is 4.79. The van der Waals surface area contributed by atoms with Crippen LogP contribution >= 0.6 is 0 Å². The van der Waals surface area contributed by atoms with E-state index in [1.807, 2.05) is 0 Å². The van der Waals surface area contributed by atoms with Crippen molar-refractivity contribution in [1.82, 2.24) is 5.32 Å². The number of benzene rings is 1. The molecule has 0 heterocycles. The van der Waals surface area contributed by atoms with Crippen molar-refractivity contribution in [2.75, 3.05) is 12.4 Å². The van der Waals surface area contributed by atoms with Gasteiger partial charge in [0.15, 0.2) is 0 Å². The standard InChI is InChI=1S/C18H22N2O5/c1-11(21)19-14-7-3-6-13(9-14)17(23)20-16(18(24)25-2)12-5-4-8-15(22)10-12/h3,6-7,9,12,16H,4-5,8,10H2,1-2H3,(H,19,21)(H,20,23)/t12-,16+/m1/s1. The number of Topliss-reactive ketones (excluding diaryl/α,β-unsaturated/α-hetero) is 1. The van der Waals surface area contributed by atoms with Crippen LogP contribution in [0.2, 0.25) is 0 Å². The van der Waals surface area contributed by atoms with Crippen LogP contribution in [-0.2, 0) is 19.1 Å². The van der Waals surface area contributed by atoms with Gasteiger partial charge in [0.05, 0.1) is 7.11 Å². The van der Waals surface area contributed by atoms with Gasteiger partial charge in [0.2, 0.25) is 5.91 Å². The number of carbonyl (C=O) groups excluding carboxylic acids is 4. The molecule has 1 fully saturated rings. The molecule has 2 atom stereocenters. The van der Waals surface area contributed by atoms with Crippen molar-refractivity contribution in [2.45, 2.75) is 38.6 Å². The first-order chi connectivity index (χ1) is 11.9. The molecule has 7 heteroatoms. The van der Waals surface area contributed by atoms with E-state index in [9.17, 15) is 19.2 Å². The summed E-state index contributed by atoms with van der Waals surface area (Å²) >= 11 is 0. The third-order valence-electron chi connectivity index (χ3n) is 4.18. The van der Waals surface area contributed by atoms with E-state index in [1.165, 1.54) is 20.1 Å². The Labute approximate surface area is 146 Å². The first-order valence-corrected chi connectivity index (χ1v) is 8.18. The van der Waals surface area contributed by atoms with Gasteiger partial charge < -0.3 is 15.4 Å². The Bertz CT molecular complexity index is 686. The van der Waals surface area contributed by atoms with Crippen LogP contribution in [0.15, 0.2) is 24.3 Å². The summed E-state index contributed by atoms with van der Waals surface area (Å²) in [5.74, 6) is -1.44. The summed E-state index contributed by atoms with van der Waals surface area (Å²) in [4.78, 5) is 47.4. The number of nitrogens with one attached hydrogen (secondary N) is 2. The molecule has 0 bridgehead atoms. The van der Waals surface area contributed by atoms with E-state index in [2.05, 4.69) is 10.6 Å². The van der Waals surface area contributed by atoms with Crippen LogP contribution in [0.4, 0.5) is 5.69 Å². The van der Waals surface area contributed by atoms with Crippen molar-refractivity contribution in [3.05, 3.63) is 29.8 Å². The number of anilines is 1. The van der Waals surface area contributed by atoms with Crippen molar-refractivity contribution in [3.63, 3.8) is 0 Å². The quantitative estimate of drug-likeness (QED) is 0.790. The maximum absolute atomic E-state index is 12.5. The van der Waals surface area contributed by atoms with E-state index in [0.29, 0.717) is 30.5 Å². The highest BCUT2D eigenvalue weighted by molar-refractivity contribution is 5.99. The Morgan fingerprint density at radius 1 is 1.28 bits per heavy atom. The minimum atomic E-state index is -0.869. The fourth-order valence-corrected chi connectivity index (χ4v) is 3.00. The molecule has 0 saturated heterocycles. The number of hydrogen-bond acceptors (Lipinski definition) is 5. The molecule has 0 spiro atoms. The molecule has 134 valence electrons. The van der Waals surface area contributed by atoms with E-state index in [0.717, 1.165) is 0 Å². The Hall–Kier alpha value is -2.70. The molecule has 7 nitrogen and oxygen atoms in total. The largest absolute Gasteiger partial charge is 0.467 e. The Morgan fingerprint density at radius 2 is 2.04 bits per heavy atom. The molecular formula is C18H22N2O5. The average Bonchev–Trinajstić information content (AvgIpc) is 2.58. The monoisotopic (exact) mass is 346 g/mol. The van der Waals surface area contributed by atoms with E-state index in [4.69, 9.17) is 4.74 Å². The molecule has 0 unspecified atom stereocenters. The summed E-state index contributed by atoms with van der Waals surface area (Å²) in [7, 11) is 1.25. The summed E-state index contributed by atoms with van der Waals surface area (Å²) in [5.41, 5.74) is 0.796. The average molecular weight is 346 g/mol. The van der Waals surface area contributed by atoms with Gasteiger partial charge in [0, 0.05) is 31.0 Å². The van der Waals surface area contributed by atoms with Crippen LogP contribution in [0, 0.1) is 5.92 Å². The SMILES string of the molecule is COC(=O)[C@@H](NC(=O)c1cccc(NC(C)=O)c1)[C@@H]1CCCC(=O)C1. The molecule has 1 aliphatic carbocycles. The third kappa shape index (κ3) is 5.14. The lowest BCUT2D eigenvalue weighted by atomic mass is 9.83. The van der Waals surface area contributed by atoms with Crippen LogP contribution in [0.25, 0.3) is 0 Å². The number of rotatable bonds is 5. The molecule has 0 aliphatic heterocycles. The topological polar surface area (TPSA) is 102 Å². The molecule has 0 radical (unpaired) electrons. The fourth-order valence-electron chi connectivity index (χ4n) is 3.00. The van der Waals surface area contributed by atoms with Crippen LogP contribution in [-0.4, -0.2) is 36.7 Å². The number of ketones is 1. The lowest BCUT2D eigenvalue weighted by Gasteiger charge is -2.28. The number of amides is 2. The number of ether oxygens (including phenoxy) is 1. The van der Waals surface area contributed by atoms with Gasteiger partial charge in [-0.05, 0) is 37.0 Å². The van der Waals surface area contributed by atoms with Crippen LogP contribution in [0.3, 0.4) is 0 Å². The second-order valence-electron chi connectivity index (χ2n) is 6.13. The highest BCUT2D eigenvalue weighted by atomic mass is 16.5. The molecule has 1 aromatic carbocycles. The van der Waals surface area contributed by atoms with Gasteiger partial charge >= 0.3 is 5.97 Å². The summed E-state index contributed by atoms with van der Waals surface area (Å²) in [6.07, 6.45) is 2.14. The van der Waals surface area contributed by atoms with Gasteiger partial charge in [-0.25, -0.2) is 4.79 Å². The molecule has 1 aliphatic rings. The van der Waals surface area contributed by atoms with Gasteiger partial charge in [-0.2, -0.15) is 0 Å². The molecule has 1 aromatic rings. The lowest BCUT2D eigenvalue weighted by molar-refractivity contribution is -0.145. The maximum atomic E-state index is 12.5. The van der Waals surface area contributed by atoms with E-state index in [-0.39, 0.29) is 24.0 Å². The molecule has 2 amide bonds. The third-order valence-corrected chi connectivity index (χ3v) is 4.18. The van der Waals surface area contributed by atoms with Crippen molar-refractivity contribution >= 4 is 29.3 Å². The van der Waals surface area contributed by atoms with E-state index >= 15 is 0 Å². The van der Waals surface area contributed by atoms with Gasteiger partial charge in [-0.15, -0.1) is 0 Å². The van der Waals surface area contributed by atoms with E-state index < -0.39 is 17.9 Å². The van der Waals surface area contributed by atoms with Gasteiger partial charge in [0.1, 0.15) is 11.8 Å². The van der Waals surface area contributed by atoms with Crippen molar-refractivity contribution in [2.24, 2.45) is 5.92 Å². The summed E-state index contributed by atoms with van der Waals surface area (Å²) in [5, 5.41) is 5.28. The van der Waals surface area contributed by atoms with E-state index in [1.54, 1.807) is 18.2 Å².